The van der Waals surface area contributed by atoms with E-state index in [0.717, 1.165) is 5.69 Å². The monoisotopic (exact) mass is 577 g/mol. The second-order valence-electron chi connectivity index (χ2n) is 11.3. The molecule has 206 valence electrons. The van der Waals surface area contributed by atoms with E-state index in [9.17, 15) is 0 Å². The van der Waals surface area contributed by atoms with Crippen LogP contribution in [0.5, 0.6) is 0 Å². The summed E-state index contributed by atoms with van der Waals surface area (Å²) < 4.78 is 2.61. The number of nitrogens with zero attached hydrogens (tertiary/aromatic N) is 1. The SMILES string of the molecule is c1ccc(-c2ccc(N(c3cc4c5ccccc5ccc4c4ccccc34)c3cccc4sc5ccccc5c34)cc2)cc1. The van der Waals surface area contributed by atoms with Crippen LogP contribution in [0, 0.1) is 0 Å². The molecule has 8 aromatic carbocycles. The minimum Gasteiger partial charge on any atom is -0.309 e. The van der Waals surface area contributed by atoms with Crippen LogP contribution in [0.3, 0.4) is 0 Å². The van der Waals surface area contributed by atoms with Gasteiger partial charge in [-0.05, 0) is 74.5 Å². The zero-order valence-corrected chi connectivity index (χ0v) is 24.8. The number of fused-ring (bicyclic) bond motifs is 8. The molecule has 0 bridgehead atoms. The normalized spacial score (nSPS) is 11.6. The van der Waals surface area contributed by atoms with Gasteiger partial charge in [0.2, 0.25) is 0 Å². The Labute approximate surface area is 259 Å². The molecular formula is C42H27NS. The lowest BCUT2D eigenvalue weighted by atomic mass is 9.95. The molecule has 0 radical (unpaired) electrons. The Morgan fingerprint density at radius 2 is 1.00 bits per heavy atom. The molecule has 1 heterocycles. The van der Waals surface area contributed by atoms with Crippen molar-refractivity contribution in [2.75, 3.05) is 4.90 Å². The Hall–Kier alpha value is -5.44. The lowest BCUT2D eigenvalue weighted by molar-refractivity contribution is 1.32. The standard InChI is InChI=1S/C42H27NS/c1-2-11-28(12-3-1)29-21-24-31(25-22-29)43(38-18-10-20-41-42(38)36-17-8-9-19-40(36)44-41)39-27-37-32-14-5-4-13-30(32)23-26-34(37)33-15-6-7-16-35(33)39/h1-27H. The summed E-state index contributed by atoms with van der Waals surface area (Å²) in [5, 5.41) is 10.2. The Balaban J connectivity index is 1.39. The van der Waals surface area contributed by atoms with Crippen molar-refractivity contribution >= 4 is 80.9 Å². The highest BCUT2D eigenvalue weighted by molar-refractivity contribution is 7.26. The third-order valence-electron chi connectivity index (χ3n) is 8.84. The van der Waals surface area contributed by atoms with Crippen LogP contribution in [0.1, 0.15) is 0 Å². The number of hydrogen-bond donors (Lipinski definition) is 0. The summed E-state index contributed by atoms with van der Waals surface area (Å²) in [5.74, 6) is 0. The number of benzene rings is 8. The molecule has 9 rings (SSSR count). The lowest BCUT2D eigenvalue weighted by Gasteiger charge is -2.29. The third kappa shape index (κ3) is 3.92. The molecule has 0 saturated carbocycles. The summed E-state index contributed by atoms with van der Waals surface area (Å²) in [5.41, 5.74) is 5.94. The largest absolute Gasteiger partial charge is 0.309 e. The van der Waals surface area contributed by atoms with Gasteiger partial charge in [0.05, 0.1) is 11.4 Å². The summed E-state index contributed by atoms with van der Waals surface area (Å²) >= 11 is 1.86. The van der Waals surface area contributed by atoms with E-state index in [2.05, 4.69) is 169 Å². The van der Waals surface area contributed by atoms with Crippen molar-refractivity contribution in [3.63, 3.8) is 0 Å². The summed E-state index contributed by atoms with van der Waals surface area (Å²) in [7, 11) is 0. The van der Waals surface area contributed by atoms with Gasteiger partial charge in [-0.15, -0.1) is 11.3 Å². The predicted molar refractivity (Wildman–Crippen MR) is 192 cm³/mol. The van der Waals surface area contributed by atoms with Gasteiger partial charge in [-0.25, -0.2) is 0 Å². The van der Waals surface area contributed by atoms with E-state index in [1.165, 1.54) is 75.0 Å². The topological polar surface area (TPSA) is 3.24 Å². The van der Waals surface area contributed by atoms with Gasteiger partial charge in [-0.1, -0.05) is 127 Å². The molecular weight excluding hydrogens is 551 g/mol. The van der Waals surface area contributed by atoms with Gasteiger partial charge in [0.25, 0.3) is 0 Å². The van der Waals surface area contributed by atoms with Gasteiger partial charge < -0.3 is 4.90 Å². The predicted octanol–water partition coefficient (Wildman–Crippen LogP) is 12.7. The van der Waals surface area contributed by atoms with Gasteiger partial charge in [0.15, 0.2) is 0 Å². The smallest absolute Gasteiger partial charge is 0.0555 e. The molecule has 0 fully saturated rings. The zero-order chi connectivity index (χ0) is 29.0. The van der Waals surface area contributed by atoms with E-state index < -0.39 is 0 Å². The summed E-state index contributed by atoms with van der Waals surface area (Å²) in [6.07, 6.45) is 0. The van der Waals surface area contributed by atoms with E-state index in [1.807, 2.05) is 11.3 Å². The zero-order valence-electron chi connectivity index (χ0n) is 23.9. The number of rotatable bonds is 4. The van der Waals surface area contributed by atoms with Crippen LogP contribution < -0.4 is 4.90 Å². The molecule has 0 spiro atoms. The second-order valence-corrected chi connectivity index (χ2v) is 12.4. The molecule has 0 amide bonds. The van der Waals surface area contributed by atoms with Gasteiger partial charge in [-0.3, -0.25) is 0 Å². The number of anilines is 3. The van der Waals surface area contributed by atoms with Crippen LogP contribution in [0.4, 0.5) is 17.1 Å². The van der Waals surface area contributed by atoms with Crippen molar-refractivity contribution < 1.29 is 0 Å². The van der Waals surface area contributed by atoms with Crippen LogP contribution in [-0.2, 0) is 0 Å². The van der Waals surface area contributed by atoms with Gasteiger partial charge in [0.1, 0.15) is 0 Å². The fourth-order valence-corrected chi connectivity index (χ4v) is 7.94. The fourth-order valence-electron chi connectivity index (χ4n) is 6.81. The molecule has 44 heavy (non-hydrogen) atoms. The maximum Gasteiger partial charge on any atom is 0.0555 e. The summed E-state index contributed by atoms with van der Waals surface area (Å²) in [6, 6.07) is 59.8. The molecule has 0 saturated heterocycles. The van der Waals surface area contributed by atoms with Crippen molar-refractivity contribution in [1.29, 1.82) is 0 Å². The lowest BCUT2D eigenvalue weighted by Crippen LogP contribution is -2.11. The number of thiophene rings is 1. The van der Waals surface area contributed by atoms with Gasteiger partial charge in [-0.2, -0.15) is 0 Å². The Kier molecular flexibility index (Phi) is 5.75. The molecule has 0 aliphatic carbocycles. The quantitative estimate of drug-likeness (QED) is 0.188. The maximum absolute atomic E-state index is 2.49. The molecule has 1 nitrogen and oxygen atoms in total. The second kappa shape index (κ2) is 10.1. The number of hydrogen-bond acceptors (Lipinski definition) is 2. The van der Waals surface area contributed by atoms with Crippen molar-refractivity contribution in [2.24, 2.45) is 0 Å². The summed E-state index contributed by atoms with van der Waals surface area (Å²) in [6.45, 7) is 0. The average Bonchev–Trinajstić information content (AvgIpc) is 3.48. The van der Waals surface area contributed by atoms with E-state index in [1.54, 1.807) is 0 Å². The van der Waals surface area contributed by atoms with Gasteiger partial charge in [0, 0.05) is 31.2 Å². The van der Waals surface area contributed by atoms with E-state index in [-0.39, 0.29) is 0 Å². The molecule has 0 aliphatic rings. The molecule has 2 heteroatoms. The van der Waals surface area contributed by atoms with Crippen LogP contribution in [0.25, 0.3) is 63.6 Å². The van der Waals surface area contributed by atoms with Crippen molar-refractivity contribution in [1.82, 2.24) is 0 Å². The minimum atomic E-state index is 1.14. The Morgan fingerprint density at radius 3 is 1.84 bits per heavy atom. The molecule has 9 aromatic rings. The van der Waals surface area contributed by atoms with Gasteiger partial charge >= 0.3 is 0 Å². The highest BCUT2D eigenvalue weighted by atomic mass is 32.1. The highest BCUT2D eigenvalue weighted by Crippen LogP contribution is 2.48. The Bertz CT molecular complexity index is 2490. The van der Waals surface area contributed by atoms with Crippen LogP contribution in [0.2, 0.25) is 0 Å². The molecule has 0 N–H and O–H groups in total. The Morgan fingerprint density at radius 1 is 0.364 bits per heavy atom. The first-order valence-corrected chi connectivity index (χ1v) is 15.8. The van der Waals surface area contributed by atoms with E-state index in [4.69, 9.17) is 0 Å². The highest BCUT2D eigenvalue weighted by Gasteiger charge is 2.21. The first-order valence-electron chi connectivity index (χ1n) is 15.0. The minimum absolute atomic E-state index is 1.14. The maximum atomic E-state index is 2.49. The molecule has 0 unspecified atom stereocenters. The molecule has 0 atom stereocenters. The van der Waals surface area contributed by atoms with E-state index in [0.29, 0.717) is 0 Å². The first kappa shape index (κ1) is 25.1. The van der Waals surface area contributed by atoms with Crippen LogP contribution in [-0.4, -0.2) is 0 Å². The summed E-state index contributed by atoms with van der Waals surface area (Å²) in [4.78, 5) is 2.49. The molecule has 0 aliphatic heterocycles. The van der Waals surface area contributed by atoms with Crippen LogP contribution in [0.15, 0.2) is 164 Å². The molecule has 1 aromatic heterocycles. The average molecular weight is 578 g/mol. The van der Waals surface area contributed by atoms with Crippen LogP contribution >= 0.6 is 11.3 Å². The fraction of sp³-hybridized carbons (Fsp3) is 0. The van der Waals surface area contributed by atoms with Crippen molar-refractivity contribution in [3.8, 4) is 11.1 Å². The first-order chi connectivity index (χ1) is 21.8. The van der Waals surface area contributed by atoms with E-state index >= 15 is 0 Å². The third-order valence-corrected chi connectivity index (χ3v) is 9.98. The van der Waals surface area contributed by atoms with Crippen molar-refractivity contribution in [3.05, 3.63) is 164 Å². The van der Waals surface area contributed by atoms with Crippen molar-refractivity contribution in [2.45, 2.75) is 0 Å².